The highest BCUT2D eigenvalue weighted by molar-refractivity contribution is 7.99. The molecule has 1 heterocycles. The van der Waals surface area contributed by atoms with Gasteiger partial charge in [-0.15, -0.1) is 10.2 Å². The molecule has 2 aromatic carbocycles. The number of hydrogen-bond donors (Lipinski definition) is 1. The highest BCUT2D eigenvalue weighted by Gasteiger charge is 2.14. The van der Waals surface area contributed by atoms with E-state index in [0.29, 0.717) is 11.8 Å². The number of nitrogens with one attached hydrogen (secondary N) is 1. The van der Waals surface area contributed by atoms with Gasteiger partial charge in [-0.3, -0.25) is 4.79 Å². The van der Waals surface area contributed by atoms with E-state index in [1.807, 2.05) is 41.9 Å². The quantitative estimate of drug-likeness (QED) is 0.524. The summed E-state index contributed by atoms with van der Waals surface area (Å²) in [5.74, 6) is 1.80. The minimum atomic E-state index is -0.0656. The number of ether oxygens (including phenoxy) is 1. The lowest BCUT2D eigenvalue weighted by Gasteiger charge is -2.16. The average Bonchev–Trinajstić information content (AvgIpc) is 3.16. The van der Waals surface area contributed by atoms with Crippen molar-refractivity contribution < 1.29 is 9.53 Å². The van der Waals surface area contributed by atoms with E-state index in [2.05, 4.69) is 34.6 Å². The summed E-state index contributed by atoms with van der Waals surface area (Å²) in [6, 6.07) is 14.3. The molecule has 1 amide bonds. The van der Waals surface area contributed by atoms with Gasteiger partial charge in [0.05, 0.1) is 5.75 Å². The fraction of sp³-hybridized carbons (Fsp3) is 0.375. The van der Waals surface area contributed by atoms with Gasteiger partial charge in [0.2, 0.25) is 5.91 Å². The van der Waals surface area contributed by atoms with Crippen molar-refractivity contribution in [1.82, 2.24) is 14.8 Å². The molecule has 0 saturated heterocycles. The third-order valence-electron chi connectivity index (χ3n) is 5.59. The molecule has 0 fully saturated rings. The van der Waals surface area contributed by atoms with E-state index in [4.69, 9.17) is 4.74 Å². The standard InChI is InChI=1S/C24H28N4O2S/c1-3-17-8-11-20(12-9-17)25-23(29)16-31-24-27-26-22(28(24)2)15-30-21-13-10-18-6-4-5-7-19(18)14-21/h8-14H,3-7,15-16H2,1-2H3,(H,25,29). The lowest BCUT2D eigenvalue weighted by atomic mass is 9.92. The smallest absolute Gasteiger partial charge is 0.234 e. The van der Waals surface area contributed by atoms with Gasteiger partial charge in [0, 0.05) is 12.7 Å². The number of rotatable bonds is 8. The lowest BCUT2D eigenvalue weighted by Crippen LogP contribution is -2.14. The Labute approximate surface area is 187 Å². The number of carbonyl (C=O) groups is 1. The van der Waals surface area contributed by atoms with Crippen molar-refractivity contribution in [2.45, 2.75) is 50.8 Å². The summed E-state index contributed by atoms with van der Waals surface area (Å²) in [6.45, 7) is 2.45. The Hall–Kier alpha value is -2.80. The van der Waals surface area contributed by atoms with Crippen molar-refractivity contribution in [3.05, 3.63) is 65.0 Å². The molecule has 7 heteroatoms. The highest BCUT2D eigenvalue weighted by Crippen LogP contribution is 2.26. The first-order chi connectivity index (χ1) is 15.1. The summed E-state index contributed by atoms with van der Waals surface area (Å²) in [6.07, 6.45) is 5.79. The zero-order valence-electron chi connectivity index (χ0n) is 18.1. The number of amides is 1. The van der Waals surface area contributed by atoms with Gasteiger partial charge in [0.15, 0.2) is 11.0 Å². The number of nitrogens with zero attached hydrogens (tertiary/aromatic N) is 3. The van der Waals surface area contributed by atoms with Crippen LogP contribution < -0.4 is 10.1 Å². The van der Waals surface area contributed by atoms with Crippen LogP contribution in [0.5, 0.6) is 5.75 Å². The fourth-order valence-electron chi connectivity index (χ4n) is 3.69. The summed E-state index contributed by atoms with van der Waals surface area (Å²) < 4.78 is 7.85. The molecule has 1 aromatic heterocycles. The van der Waals surface area contributed by atoms with E-state index in [1.54, 1.807) is 0 Å². The molecule has 0 unspecified atom stereocenters. The van der Waals surface area contributed by atoms with Crippen molar-refractivity contribution in [1.29, 1.82) is 0 Å². The molecular weight excluding hydrogens is 408 g/mol. The number of benzene rings is 2. The van der Waals surface area contributed by atoms with Crippen molar-refractivity contribution in [2.24, 2.45) is 7.05 Å². The molecule has 6 nitrogen and oxygen atoms in total. The van der Waals surface area contributed by atoms with E-state index in [1.165, 1.54) is 41.3 Å². The molecule has 1 N–H and O–H groups in total. The maximum absolute atomic E-state index is 12.3. The van der Waals surface area contributed by atoms with Gasteiger partial charge in [-0.25, -0.2) is 0 Å². The number of anilines is 1. The number of aromatic nitrogens is 3. The summed E-state index contributed by atoms with van der Waals surface area (Å²) in [5.41, 5.74) is 4.89. The summed E-state index contributed by atoms with van der Waals surface area (Å²) in [5, 5.41) is 12.1. The molecule has 0 bridgehead atoms. The topological polar surface area (TPSA) is 69.0 Å². The first-order valence-electron chi connectivity index (χ1n) is 10.8. The molecule has 1 aliphatic rings. The van der Waals surface area contributed by atoms with Gasteiger partial charge >= 0.3 is 0 Å². The van der Waals surface area contributed by atoms with Gasteiger partial charge in [-0.2, -0.15) is 0 Å². The second-order valence-corrected chi connectivity index (χ2v) is 8.71. The Balaban J connectivity index is 1.29. The van der Waals surface area contributed by atoms with Crippen molar-refractivity contribution in [3.63, 3.8) is 0 Å². The van der Waals surface area contributed by atoms with Gasteiger partial charge in [-0.1, -0.05) is 36.9 Å². The number of fused-ring (bicyclic) bond motifs is 1. The SMILES string of the molecule is CCc1ccc(NC(=O)CSc2nnc(COc3ccc4c(c3)CCCC4)n2C)cc1. The van der Waals surface area contributed by atoms with Crippen LogP contribution in [0.25, 0.3) is 0 Å². The Morgan fingerprint density at radius 2 is 1.87 bits per heavy atom. The zero-order chi connectivity index (χ0) is 21.6. The first kappa shape index (κ1) is 21.4. The van der Waals surface area contributed by atoms with Gasteiger partial charge in [0.25, 0.3) is 0 Å². The van der Waals surface area contributed by atoms with E-state index in [-0.39, 0.29) is 11.7 Å². The summed E-state index contributed by atoms with van der Waals surface area (Å²) in [4.78, 5) is 12.3. The largest absolute Gasteiger partial charge is 0.486 e. The van der Waals surface area contributed by atoms with Crippen LogP contribution in [0.3, 0.4) is 0 Å². The Morgan fingerprint density at radius 3 is 2.65 bits per heavy atom. The van der Waals surface area contributed by atoms with Crippen LogP contribution in [-0.4, -0.2) is 26.4 Å². The minimum absolute atomic E-state index is 0.0656. The Morgan fingerprint density at radius 1 is 1.10 bits per heavy atom. The molecule has 0 aliphatic heterocycles. The van der Waals surface area contributed by atoms with E-state index < -0.39 is 0 Å². The number of aryl methyl sites for hydroxylation is 3. The monoisotopic (exact) mass is 436 g/mol. The van der Waals surface area contributed by atoms with Crippen LogP contribution in [0.4, 0.5) is 5.69 Å². The van der Waals surface area contributed by atoms with Crippen molar-refractivity contribution >= 4 is 23.4 Å². The minimum Gasteiger partial charge on any atom is -0.486 e. The second-order valence-electron chi connectivity index (χ2n) is 7.77. The molecule has 4 rings (SSSR count). The summed E-state index contributed by atoms with van der Waals surface area (Å²) >= 11 is 1.36. The molecule has 0 spiro atoms. The maximum atomic E-state index is 12.3. The van der Waals surface area contributed by atoms with Crippen LogP contribution in [-0.2, 0) is 37.7 Å². The lowest BCUT2D eigenvalue weighted by molar-refractivity contribution is -0.113. The Bertz CT molecular complexity index is 1050. The van der Waals surface area contributed by atoms with Crippen LogP contribution in [0.1, 0.15) is 42.3 Å². The van der Waals surface area contributed by atoms with Crippen molar-refractivity contribution in [3.8, 4) is 5.75 Å². The number of thioether (sulfide) groups is 1. The van der Waals surface area contributed by atoms with Crippen molar-refractivity contribution in [2.75, 3.05) is 11.1 Å². The molecule has 0 radical (unpaired) electrons. The molecule has 0 saturated carbocycles. The van der Waals surface area contributed by atoms with Gasteiger partial charge in [-0.05, 0) is 73.1 Å². The van der Waals surface area contributed by atoms with Crippen LogP contribution in [0.2, 0.25) is 0 Å². The molecule has 162 valence electrons. The fourth-order valence-corrected chi connectivity index (χ4v) is 4.42. The normalized spacial score (nSPS) is 13.0. The van der Waals surface area contributed by atoms with E-state index in [0.717, 1.165) is 36.5 Å². The predicted molar refractivity (Wildman–Crippen MR) is 124 cm³/mol. The predicted octanol–water partition coefficient (Wildman–Crippen LogP) is 4.57. The van der Waals surface area contributed by atoms with Gasteiger partial charge < -0.3 is 14.6 Å². The van der Waals surface area contributed by atoms with Gasteiger partial charge in [0.1, 0.15) is 12.4 Å². The van der Waals surface area contributed by atoms with Crippen LogP contribution >= 0.6 is 11.8 Å². The molecule has 31 heavy (non-hydrogen) atoms. The maximum Gasteiger partial charge on any atom is 0.234 e. The third-order valence-corrected chi connectivity index (χ3v) is 6.61. The van der Waals surface area contributed by atoms with Crippen LogP contribution in [0, 0.1) is 0 Å². The second kappa shape index (κ2) is 10.0. The van der Waals surface area contributed by atoms with E-state index in [9.17, 15) is 4.79 Å². The number of hydrogen-bond acceptors (Lipinski definition) is 5. The van der Waals surface area contributed by atoms with Crippen LogP contribution in [0.15, 0.2) is 47.6 Å². The molecule has 3 aromatic rings. The first-order valence-corrected chi connectivity index (χ1v) is 11.8. The molecular formula is C24H28N4O2S. The summed E-state index contributed by atoms with van der Waals surface area (Å²) in [7, 11) is 1.90. The molecule has 0 atom stereocenters. The van der Waals surface area contributed by atoms with E-state index >= 15 is 0 Å². The number of carbonyl (C=O) groups excluding carboxylic acids is 1. The average molecular weight is 437 g/mol. The highest BCUT2D eigenvalue weighted by atomic mass is 32.2. The zero-order valence-corrected chi connectivity index (χ0v) is 18.9. The Kier molecular flexibility index (Phi) is 6.92. The third kappa shape index (κ3) is 5.47. The molecule has 1 aliphatic carbocycles.